The second-order valence-electron chi connectivity index (χ2n) is 2.46. The van der Waals surface area contributed by atoms with E-state index in [1.54, 1.807) is 24.3 Å². The molecule has 0 saturated heterocycles. The fourth-order valence-corrected chi connectivity index (χ4v) is 1.07. The molecule has 1 aromatic carbocycles. The number of benzene rings is 1. The van der Waals surface area contributed by atoms with E-state index in [0.29, 0.717) is 11.3 Å². The molecule has 15 heavy (non-hydrogen) atoms. The summed E-state index contributed by atoms with van der Waals surface area (Å²) in [6.07, 6.45) is 1.05. The van der Waals surface area contributed by atoms with E-state index in [-0.39, 0.29) is 51.4 Å². The molecule has 0 heterocycles. The Bertz CT molecular complexity index is 426. The number of ether oxygens (including phenoxy) is 1. The largest absolute Gasteiger partial charge is 1.00 e. The molecule has 0 unspecified atom stereocenters. The Morgan fingerprint density at radius 3 is 2.27 bits per heavy atom. The third-order valence-corrected chi connectivity index (χ3v) is 1.82. The molecule has 0 fully saturated rings. The van der Waals surface area contributed by atoms with Gasteiger partial charge in [0.05, 0.1) is 7.11 Å². The van der Waals surface area contributed by atoms with Gasteiger partial charge in [-0.05, 0) is 29.8 Å². The summed E-state index contributed by atoms with van der Waals surface area (Å²) < 4.78 is 36.7. The van der Waals surface area contributed by atoms with E-state index in [9.17, 15) is 8.42 Å². The molecular formula is C8H9KNO4S+. The van der Waals surface area contributed by atoms with Gasteiger partial charge in [-0.2, -0.15) is 8.42 Å². The molecule has 0 aromatic heterocycles. The van der Waals surface area contributed by atoms with E-state index in [2.05, 4.69) is 4.40 Å². The number of methoxy groups -OCH3 is 1. The minimum atomic E-state index is -4.30. The van der Waals surface area contributed by atoms with Gasteiger partial charge < -0.3 is 4.74 Å². The number of nitrogens with zero attached hydrogens (tertiary/aromatic N) is 1. The fourth-order valence-electron chi connectivity index (χ4n) is 0.817. The monoisotopic (exact) mass is 254 g/mol. The van der Waals surface area contributed by atoms with Gasteiger partial charge in [-0.15, -0.1) is 4.40 Å². The maximum atomic E-state index is 10.3. The molecule has 0 aliphatic rings. The van der Waals surface area contributed by atoms with Crippen LogP contribution in [0.4, 0.5) is 0 Å². The summed E-state index contributed by atoms with van der Waals surface area (Å²) in [5.41, 5.74) is 0.559. The van der Waals surface area contributed by atoms with Crippen LogP contribution in [0.5, 0.6) is 5.75 Å². The summed E-state index contributed by atoms with van der Waals surface area (Å²) in [4.78, 5) is 0. The standard InChI is InChI=1S/C8H9NO4S.K/c1-13-8-4-2-7(3-5-8)6-9-14(10,11)12;/h2-6H,1H3,(H,10,11,12);/q;+1/b9-6+;. The van der Waals surface area contributed by atoms with Crippen LogP contribution in [-0.2, 0) is 10.3 Å². The molecule has 5 nitrogen and oxygen atoms in total. The second kappa shape index (κ2) is 6.74. The van der Waals surface area contributed by atoms with Crippen LogP contribution in [-0.4, -0.2) is 26.3 Å². The number of hydrogen-bond donors (Lipinski definition) is 1. The minimum absolute atomic E-state index is 0. The normalized spacial score (nSPS) is 11.1. The molecule has 1 rings (SSSR count). The number of hydrogen-bond acceptors (Lipinski definition) is 3. The van der Waals surface area contributed by atoms with Crippen molar-refractivity contribution in [3.63, 3.8) is 0 Å². The van der Waals surface area contributed by atoms with Crippen molar-refractivity contribution in [1.82, 2.24) is 0 Å². The van der Waals surface area contributed by atoms with Gasteiger partial charge in [0, 0.05) is 6.21 Å². The zero-order chi connectivity index (χ0) is 10.6. The van der Waals surface area contributed by atoms with Crippen molar-refractivity contribution < 1.29 is 69.1 Å². The summed E-state index contributed by atoms with van der Waals surface area (Å²) in [7, 11) is -2.77. The van der Waals surface area contributed by atoms with Crippen LogP contribution in [0.2, 0.25) is 0 Å². The third kappa shape index (κ3) is 6.41. The molecule has 1 N–H and O–H groups in total. The Morgan fingerprint density at radius 1 is 1.33 bits per heavy atom. The first-order valence-corrected chi connectivity index (χ1v) is 5.08. The Hall–Kier alpha value is 0.236. The fraction of sp³-hybridized carbons (Fsp3) is 0.125. The molecule has 1 aromatic rings. The van der Waals surface area contributed by atoms with Gasteiger partial charge in [-0.3, -0.25) is 4.55 Å². The van der Waals surface area contributed by atoms with E-state index < -0.39 is 10.3 Å². The van der Waals surface area contributed by atoms with Crippen molar-refractivity contribution >= 4 is 16.5 Å². The zero-order valence-corrected chi connectivity index (χ0v) is 12.4. The Morgan fingerprint density at radius 2 is 1.87 bits per heavy atom. The first-order chi connectivity index (χ1) is 6.51. The summed E-state index contributed by atoms with van der Waals surface area (Å²) in [5, 5.41) is 0. The molecule has 0 aliphatic heterocycles. The predicted octanol–water partition coefficient (Wildman–Crippen LogP) is -2.08. The van der Waals surface area contributed by atoms with Crippen LogP contribution in [0.25, 0.3) is 0 Å². The van der Waals surface area contributed by atoms with E-state index in [1.165, 1.54) is 7.11 Å². The second-order valence-corrected chi connectivity index (χ2v) is 3.56. The number of rotatable bonds is 3. The molecule has 0 radical (unpaired) electrons. The SMILES string of the molecule is COc1ccc(/C=N/S(=O)(=O)O)cc1.[K+]. The van der Waals surface area contributed by atoms with Crippen molar-refractivity contribution in [2.24, 2.45) is 4.40 Å². The Kier molecular flexibility index (Phi) is 6.85. The van der Waals surface area contributed by atoms with Gasteiger partial charge in [-0.25, -0.2) is 0 Å². The molecule has 0 saturated carbocycles. The van der Waals surface area contributed by atoms with Crippen LogP contribution in [0, 0.1) is 0 Å². The van der Waals surface area contributed by atoms with Crippen molar-refractivity contribution in [2.75, 3.05) is 7.11 Å². The molecule has 0 atom stereocenters. The van der Waals surface area contributed by atoms with Crippen LogP contribution >= 0.6 is 0 Å². The molecular weight excluding hydrogens is 245 g/mol. The quantitative estimate of drug-likeness (QED) is 0.382. The Labute approximate surface area is 131 Å². The average molecular weight is 254 g/mol. The van der Waals surface area contributed by atoms with E-state index >= 15 is 0 Å². The predicted molar refractivity (Wildman–Crippen MR) is 52.1 cm³/mol. The van der Waals surface area contributed by atoms with Gasteiger partial charge in [0.1, 0.15) is 5.75 Å². The molecule has 0 amide bonds. The van der Waals surface area contributed by atoms with Crippen molar-refractivity contribution in [2.45, 2.75) is 0 Å². The van der Waals surface area contributed by atoms with E-state index in [1.807, 2.05) is 0 Å². The van der Waals surface area contributed by atoms with Gasteiger partial charge in [-0.1, -0.05) is 0 Å². The molecule has 0 aliphatic carbocycles. The summed E-state index contributed by atoms with van der Waals surface area (Å²) in [6, 6.07) is 6.55. The van der Waals surface area contributed by atoms with Crippen molar-refractivity contribution in [1.29, 1.82) is 0 Å². The first-order valence-electron chi connectivity index (χ1n) is 3.68. The van der Waals surface area contributed by atoms with Gasteiger partial charge in [0.15, 0.2) is 0 Å². The first kappa shape index (κ1) is 15.2. The molecule has 0 bridgehead atoms. The van der Waals surface area contributed by atoms with Crippen LogP contribution in [0.3, 0.4) is 0 Å². The van der Waals surface area contributed by atoms with Crippen molar-refractivity contribution in [3.05, 3.63) is 29.8 Å². The topological polar surface area (TPSA) is 76.0 Å². The smallest absolute Gasteiger partial charge is 0.497 e. The van der Waals surface area contributed by atoms with E-state index in [4.69, 9.17) is 9.29 Å². The maximum Gasteiger partial charge on any atom is 1.00 e. The van der Waals surface area contributed by atoms with E-state index in [0.717, 1.165) is 6.21 Å². The van der Waals surface area contributed by atoms with Crippen LogP contribution in [0.15, 0.2) is 28.7 Å². The van der Waals surface area contributed by atoms with Gasteiger partial charge in [0.2, 0.25) is 0 Å². The molecule has 0 spiro atoms. The molecule has 7 heteroatoms. The average Bonchev–Trinajstić information content (AvgIpc) is 2.14. The van der Waals surface area contributed by atoms with Gasteiger partial charge >= 0.3 is 61.7 Å². The summed E-state index contributed by atoms with van der Waals surface area (Å²) in [6.45, 7) is 0. The Balaban J connectivity index is 0.00000196. The third-order valence-electron chi connectivity index (χ3n) is 1.45. The summed E-state index contributed by atoms with van der Waals surface area (Å²) in [5.74, 6) is 0.661. The van der Waals surface area contributed by atoms with Crippen molar-refractivity contribution in [3.8, 4) is 5.75 Å². The van der Waals surface area contributed by atoms with Crippen LogP contribution in [0.1, 0.15) is 5.56 Å². The molecule has 76 valence electrons. The van der Waals surface area contributed by atoms with Crippen LogP contribution < -0.4 is 56.1 Å². The summed E-state index contributed by atoms with van der Waals surface area (Å²) >= 11 is 0. The minimum Gasteiger partial charge on any atom is -0.497 e. The van der Waals surface area contributed by atoms with Gasteiger partial charge in [0.25, 0.3) is 0 Å². The zero-order valence-electron chi connectivity index (χ0n) is 8.41. The maximum absolute atomic E-state index is 10.3.